The minimum absolute atomic E-state index is 0.491. The Kier molecular flexibility index (Phi) is 3.78. The Morgan fingerprint density at radius 1 is 1.11 bits per heavy atom. The highest BCUT2D eigenvalue weighted by molar-refractivity contribution is 9.10. The molecule has 0 fully saturated rings. The standard InChI is InChI=1S/C14H12BrF2N/c1-8-3-2-4-10(13(8)15)14(18)9-5-6-11(16)12(17)7-9/h2-7,14H,18H2,1H3. The van der Waals surface area contributed by atoms with E-state index in [1.54, 1.807) is 0 Å². The summed E-state index contributed by atoms with van der Waals surface area (Å²) < 4.78 is 27.0. The lowest BCUT2D eigenvalue weighted by Crippen LogP contribution is -2.13. The molecule has 0 saturated heterocycles. The summed E-state index contributed by atoms with van der Waals surface area (Å²) in [7, 11) is 0. The molecule has 4 heteroatoms. The van der Waals surface area contributed by atoms with Crippen LogP contribution in [0.5, 0.6) is 0 Å². The maximum atomic E-state index is 13.2. The molecule has 0 aliphatic carbocycles. The summed E-state index contributed by atoms with van der Waals surface area (Å²) in [5.41, 5.74) is 8.52. The third-order valence-corrected chi connectivity index (χ3v) is 3.94. The molecule has 0 spiro atoms. The number of halogens is 3. The maximum absolute atomic E-state index is 13.2. The van der Waals surface area contributed by atoms with E-state index in [0.717, 1.165) is 27.7 Å². The molecular formula is C14H12BrF2N. The molecule has 0 heterocycles. The zero-order valence-electron chi connectivity index (χ0n) is 9.75. The molecule has 0 amide bonds. The molecule has 1 nitrogen and oxygen atoms in total. The van der Waals surface area contributed by atoms with E-state index in [2.05, 4.69) is 15.9 Å². The van der Waals surface area contributed by atoms with Crippen LogP contribution in [0.2, 0.25) is 0 Å². The Labute approximate surface area is 113 Å². The summed E-state index contributed by atoms with van der Waals surface area (Å²) in [6.07, 6.45) is 0. The zero-order valence-corrected chi connectivity index (χ0v) is 11.3. The van der Waals surface area contributed by atoms with Gasteiger partial charge in [0, 0.05) is 4.47 Å². The van der Waals surface area contributed by atoms with Gasteiger partial charge in [-0.25, -0.2) is 8.78 Å². The fourth-order valence-corrected chi connectivity index (χ4v) is 2.31. The Morgan fingerprint density at radius 2 is 1.83 bits per heavy atom. The molecule has 2 rings (SSSR count). The summed E-state index contributed by atoms with van der Waals surface area (Å²) in [5.74, 6) is -1.75. The monoisotopic (exact) mass is 311 g/mol. The molecule has 0 aromatic heterocycles. The molecule has 18 heavy (non-hydrogen) atoms. The number of nitrogens with two attached hydrogens (primary N) is 1. The molecule has 94 valence electrons. The van der Waals surface area contributed by atoms with Crippen LogP contribution < -0.4 is 5.73 Å². The SMILES string of the molecule is Cc1cccc(C(N)c2ccc(F)c(F)c2)c1Br. The van der Waals surface area contributed by atoms with Crippen molar-refractivity contribution in [2.75, 3.05) is 0 Å². The normalized spacial score (nSPS) is 12.5. The van der Waals surface area contributed by atoms with Gasteiger partial charge in [0.25, 0.3) is 0 Å². The lowest BCUT2D eigenvalue weighted by molar-refractivity contribution is 0.506. The Hall–Kier alpha value is -1.26. The van der Waals surface area contributed by atoms with Gasteiger partial charge in [-0.2, -0.15) is 0 Å². The molecule has 0 aliphatic rings. The molecule has 0 radical (unpaired) electrons. The van der Waals surface area contributed by atoms with Crippen LogP contribution in [-0.4, -0.2) is 0 Å². The highest BCUT2D eigenvalue weighted by Gasteiger charge is 2.15. The molecule has 0 saturated carbocycles. The van der Waals surface area contributed by atoms with Crippen LogP contribution in [0.4, 0.5) is 8.78 Å². The van der Waals surface area contributed by atoms with Crippen molar-refractivity contribution in [2.45, 2.75) is 13.0 Å². The second-order valence-corrected chi connectivity index (χ2v) is 4.92. The van der Waals surface area contributed by atoms with Gasteiger partial charge in [0.05, 0.1) is 6.04 Å². The van der Waals surface area contributed by atoms with Gasteiger partial charge in [-0.3, -0.25) is 0 Å². The van der Waals surface area contributed by atoms with Crippen LogP contribution in [0, 0.1) is 18.6 Å². The van der Waals surface area contributed by atoms with Crippen molar-refractivity contribution in [3.8, 4) is 0 Å². The maximum Gasteiger partial charge on any atom is 0.159 e. The van der Waals surface area contributed by atoms with Crippen molar-refractivity contribution >= 4 is 15.9 Å². The number of rotatable bonds is 2. The molecule has 2 N–H and O–H groups in total. The van der Waals surface area contributed by atoms with Crippen LogP contribution in [-0.2, 0) is 0 Å². The summed E-state index contributed by atoms with van der Waals surface area (Å²) in [5, 5.41) is 0. The molecular weight excluding hydrogens is 300 g/mol. The number of hydrogen-bond acceptors (Lipinski definition) is 1. The van der Waals surface area contributed by atoms with Crippen molar-refractivity contribution in [3.05, 3.63) is 69.2 Å². The lowest BCUT2D eigenvalue weighted by atomic mass is 9.98. The first-order chi connectivity index (χ1) is 8.50. The number of benzene rings is 2. The number of hydrogen-bond donors (Lipinski definition) is 1. The predicted molar refractivity (Wildman–Crippen MR) is 71.3 cm³/mol. The Bertz CT molecular complexity index is 584. The molecule has 2 aromatic rings. The van der Waals surface area contributed by atoms with Gasteiger partial charge in [-0.1, -0.05) is 40.2 Å². The Morgan fingerprint density at radius 3 is 2.50 bits per heavy atom. The average Bonchev–Trinajstić information content (AvgIpc) is 2.35. The second kappa shape index (κ2) is 5.16. The molecule has 1 atom stereocenters. The highest BCUT2D eigenvalue weighted by atomic mass is 79.9. The summed E-state index contributed by atoms with van der Waals surface area (Å²) >= 11 is 3.46. The molecule has 0 bridgehead atoms. The summed E-state index contributed by atoms with van der Waals surface area (Å²) in [6.45, 7) is 1.95. The van der Waals surface area contributed by atoms with E-state index in [1.165, 1.54) is 6.07 Å². The van der Waals surface area contributed by atoms with Crippen molar-refractivity contribution in [1.82, 2.24) is 0 Å². The van der Waals surface area contributed by atoms with Gasteiger partial charge < -0.3 is 5.73 Å². The van der Waals surface area contributed by atoms with Gasteiger partial charge >= 0.3 is 0 Å². The molecule has 0 aliphatic heterocycles. The average molecular weight is 312 g/mol. The number of aryl methyl sites for hydroxylation is 1. The quantitative estimate of drug-likeness (QED) is 0.888. The summed E-state index contributed by atoms with van der Waals surface area (Å²) in [4.78, 5) is 0. The van der Waals surface area contributed by atoms with E-state index < -0.39 is 17.7 Å². The Balaban J connectivity index is 2.44. The highest BCUT2D eigenvalue weighted by Crippen LogP contribution is 2.29. The van der Waals surface area contributed by atoms with E-state index in [-0.39, 0.29) is 0 Å². The van der Waals surface area contributed by atoms with Gasteiger partial charge in [0.15, 0.2) is 11.6 Å². The van der Waals surface area contributed by atoms with E-state index in [9.17, 15) is 8.78 Å². The van der Waals surface area contributed by atoms with Gasteiger partial charge in [0.2, 0.25) is 0 Å². The smallest absolute Gasteiger partial charge is 0.159 e. The van der Waals surface area contributed by atoms with Gasteiger partial charge in [0.1, 0.15) is 0 Å². The van der Waals surface area contributed by atoms with E-state index in [0.29, 0.717) is 5.56 Å². The zero-order chi connectivity index (χ0) is 13.3. The predicted octanol–water partition coefficient (Wildman–Crippen LogP) is 4.08. The van der Waals surface area contributed by atoms with Crippen LogP contribution >= 0.6 is 15.9 Å². The van der Waals surface area contributed by atoms with Crippen molar-refractivity contribution < 1.29 is 8.78 Å². The van der Waals surface area contributed by atoms with Crippen molar-refractivity contribution in [1.29, 1.82) is 0 Å². The second-order valence-electron chi connectivity index (χ2n) is 4.13. The van der Waals surface area contributed by atoms with Crippen molar-refractivity contribution in [2.24, 2.45) is 5.73 Å². The fraction of sp³-hybridized carbons (Fsp3) is 0.143. The van der Waals surface area contributed by atoms with E-state index in [1.807, 2.05) is 25.1 Å². The largest absolute Gasteiger partial charge is 0.320 e. The van der Waals surface area contributed by atoms with Crippen LogP contribution in [0.3, 0.4) is 0 Å². The first kappa shape index (κ1) is 13.2. The summed E-state index contributed by atoms with van der Waals surface area (Å²) in [6, 6.07) is 8.93. The van der Waals surface area contributed by atoms with Crippen LogP contribution in [0.15, 0.2) is 40.9 Å². The van der Waals surface area contributed by atoms with Gasteiger partial charge in [-0.15, -0.1) is 0 Å². The molecule has 1 unspecified atom stereocenters. The third-order valence-electron chi connectivity index (χ3n) is 2.86. The first-order valence-electron chi connectivity index (χ1n) is 5.46. The third kappa shape index (κ3) is 2.44. The van der Waals surface area contributed by atoms with Crippen LogP contribution in [0.1, 0.15) is 22.7 Å². The minimum Gasteiger partial charge on any atom is -0.320 e. The van der Waals surface area contributed by atoms with Crippen molar-refractivity contribution in [3.63, 3.8) is 0 Å². The lowest BCUT2D eigenvalue weighted by Gasteiger charge is -2.16. The topological polar surface area (TPSA) is 26.0 Å². The minimum atomic E-state index is -0.883. The van der Waals surface area contributed by atoms with Crippen LogP contribution in [0.25, 0.3) is 0 Å². The van der Waals surface area contributed by atoms with E-state index >= 15 is 0 Å². The van der Waals surface area contributed by atoms with Gasteiger partial charge in [-0.05, 0) is 35.7 Å². The molecule has 2 aromatic carbocycles. The van der Waals surface area contributed by atoms with E-state index in [4.69, 9.17) is 5.73 Å². The fourth-order valence-electron chi connectivity index (χ4n) is 1.80. The first-order valence-corrected chi connectivity index (χ1v) is 6.25.